The van der Waals surface area contributed by atoms with E-state index in [9.17, 15) is 17.6 Å². The van der Waals surface area contributed by atoms with Crippen molar-refractivity contribution in [1.82, 2.24) is 14.0 Å². The topological polar surface area (TPSA) is 91.4 Å². The van der Waals surface area contributed by atoms with Crippen molar-refractivity contribution < 1.29 is 17.6 Å². The molecule has 0 saturated carbocycles. The Balaban J connectivity index is 1.57. The second-order valence-corrected chi connectivity index (χ2v) is 10.3. The lowest BCUT2D eigenvalue weighted by molar-refractivity contribution is -0.120. The van der Waals surface area contributed by atoms with Crippen molar-refractivity contribution in [3.63, 3.8) is 0 Å². The maximum absolute atomic E-state index is 13.4. The van der Waals surface area contributed by atoms with Gasteiger partial charge in [0.05, 0.1) is 21.6 Å². The van der Waals surface area contributed by atoms with Gasteiger partial charge in [0.15, 0.2) is 0 Å². The Labute approximate surface area is 188 Å². The third kappa shape index (κ3) is 4.63. The number of pyridine rings is 1. The molecular formula is C20H18ClFN4O3S2. The van der Waals surface area contributed by atoms with Crippen molar-refractivity contribution in [1.29, 1.82) is 0 Å². The monoisotopic (exact) mass is 480 g/mol. The van der Waals surface area contributed by atoms with Gasteiger partial charge in [-0.15, -0.1) is 11.3 Å². The third-order valence-corrected chi connectivity index (χ3v) is 8.05. The van der Waals surface area contributed by atoms with Crippen LogP contribution in [0.2, 0.25) is 5.02 Å². The second-order valence-electron chi connectivity index (χ2n) is 6.98. The number of halogens is 2. The van der Waals surface area contributed by atoms with Gasteiger partial charge in [-0.1, -0.05) is 17.7 Å². The Hall–Kier alpha value is -2.37. The number of carbonyl (C=O) groups is 1. The van der Waals surface area contributed by atoms with Gasteiger partial charge in [-0.2, -0.15) is 17.4 Å². The molecule has 1 aliphatic heterocycles. The van der Waals surface area contributed by atoms with Gasteiger partial charge in [-0.05, 0) is 48.9 Å². The van der Waals surface area contributed by atoms with Crippen molar-refractivity contribution >= 4 is 44.7 Å². The first-order valence-electron chi connectivity index (χ1n) is 9.27. The van der Waals surface area contributed by atoms with Crippen LogP contribution < -0.4 is 10.0 Å². The molecule has 0 aliphatic carbocycles. The van der Waals surface area contributed by atoms with E-state index in [1.165, 1.54) is 30.5 Å². The fraction of sp³-hybridized carbons (Fsp3) is 0.200. The van der Waals surface area contributed by atoms with E-state index in [4.69, 9.17) is 11.6 Å². The molecule has 0 unspecified atom stereocenters. The van der Waals surface area contributed by atoms with Gasteiger partial charge in [-0.3, -0.25) is 9.78 Å². The number of likely N-dealkylation sites (N-methyl/N-ethyl adjacent to an activating group) is 1. The molecule has 3 heterocycles. The van der Waals surface area contributed by atoms with Crippen molar-refractivity contribution in [3.8, 4) is 10.6 Å². The van der Waals surface area contributed by atoms with Crippen LogP contribution in [0.25, 0.3) is 10.6 Å². The lowest BCUT2D eigenvalue weighted by Crippen LogP contribution is -2.55. The number of thiophene rings is 1. The van der Waals surface area contributed by atoms with E-state index in [-0.39, 0.29) is 17.1 Å². The molecule has 2 aromatic heterocycles. The summed E-state index contributed by atoms with van der Waals surface area (Å²) in [6.45, 7) is 0. The van der Waals surface area contributed by atoms with Crippen LogP contribution in [0.4, 0.5) is 10.1 Å². The van der Waals surface area contributed by atoms with Gasteiger partial charge in [-0.25, -0.2) is 4.39 Å². The number of amides is 1. The van der Waals surface area contributed by atoms with Crippen LogP contribution in [0.15, 0.2) is 54.7 Å². The van der Waals surface area contributed by atoms with E-state index in [2.05, 4.69) is 15.0 Å². The zero-order chi connectivity index (χ0) is 22.2. The molecular weight excluding hydrogens is 463 g/mol. The Morgan fingerprint density at radius 1 is 1.29 bits per heavy atom. The molecule has 1 fully saturated rings. The molecule has 0 radical (unpaired) electrons. The third-order valence-electron chi connectivity index (χ3n) is 4.95. The number of anilines is 1. The molecule has 2 N–H and O–H groups in total. The minimum atomic E-state index is -3.89. The maximum Gasteiger partial charge on any atom is 0.280 e. The molecule has 1 amide bonds. The molecule has 0 bridgehead atoms. The van der Waals surface area contributed by atoms with Crippen molar-refractivity contribution in [2.24, 2.45) is 0 Å². The first-order valence-corrected chi connectivity index (χ1v) is 11.9. The number of hydrogen-bond donors (Lipinski definition) is 2. The Morgan fingerprint density at radius 3 is 2.81 bits per heavy atom. The zero-order valence-electron chi connectivity index (χ0n) is 16.2. The summed E-state index contributed by atoms with van der Waals surface area (Å²) in [7, 11) is -2.55. The van der Waals surface area contributed by atoms with Crippen LogP contribution in [-0.2, 0) is 15.0 Å². The highest BCUT2D eigenvalue weighted by atomic mass is 35.5. The second kappa shape index (κ2) is 8.64. The SMILES string of the molecule is CN1[C@H](C(=O)Nc2ccc(F)c(Cl)c2)C[C@H](c2ccc(-c3ccccn3)s2)NS1(=O)=O. The average molecular weight is 481 g/mol. The van der Waals surface area contributed by atoms with Gasteiger partial charge >= 0.3 is 0 Å². The molecule has 1 aromatic carbocycles. The number of nitrogens with one attached hydrogen (secondary N) is 2. The molecule has 162 valence electrons. The van der Waals surface area contributed by atoms with Gasteiger partial charge in [0.1, 0.15) is 11.9 Å². The van der Waals surface area contributed by atoms with E-state index in [1.807, 2.05) is 30.3 Å². The summed E-state index contributed by atoms with van der Waals surface area (Å²) in [6.07, 6.45) is 1.91. The highest BCUT2D eigenvalue weighted by Crippen LogP contribution is 2.35. The first-order chi connectivity index (χ1) is 14.7. The van der Waals surface area contributed by atoms with Crippen LogP contribution in [0, 0.1) is 5.82 Å². The highest BCUT2D eigenvalue weighted by Gasteiger charge is 2.41. The minimum absolute atomic E-state index is 0.136. The molecule has 7 nitrogen and oxygen atoms in total. The summed E-state index contributed by atoms with van der Waals surface area (Å²) in [5, 5.41) is 2.48. The molecule has 0 spiro atoms. The minimum Gasteiger partial charge on any atom is -0.325 e. The van der Waals surface area contributed by atoms with E-state index >= 15 is 0 Å². The molecule has 31 heavy (non-hydrogen) atoms. The predicted octanol–water partition coefficient (Wildman–Crippen LogP) is 3.82. The lowest BCUT2D eigenvalue weighted by Gasteiger charge is -2.35. The van der Waals surface area contributed by atoms with Crippen LogP contribution in [0.3, 0.4) is 0 Å². The van der Waals surface area contributed by atoms with Gasteiger partial charge in [0, 0.05) is 23.8 Å². The van der Waals surface area contributed by atoms with Crippen LogP contribution in [0.1, 0.15) is 17.3 Å². The molecule has 4 rings (SSSR count). The quantitative estimate of drug-likeness (QED) is 0.593. The fourth-order valence-corrected chi connectivity index (χ4v) is 5.85. The Kier molecular flexibility index (Phi) is 6.09. The largest absolute Gasteiger partial charge is 0.325 e. The number of hydrogen-bond acceptors (Lipinski definition) is 5. The number of rotatable bonds is 4. The summed E-state index contributed by atoms with van der Waals surface area (Å²) in [5.41, 5.74) is 1.07. The maximum atomic E-state index is 13.4. The predicted molar refractivity (Wildman–Crippen MR) is 119 cm³/mol. The number of benzene rings is 1. The first kappa shape index (κ1) is 21.8. The summed E-state index contributed by atoms with van der Waals surface area (Å²) >= 11 is 7.18. The van der Waals surface area contributed by atoms with Gasteiger partial charge in [0.25, 0.3) is 10.2 Å². The fourth-order valence-electron chi connectivity index (χ4n) is 3.28. The summed E-state index contributed by atoms with van der Waals surface area (Å²) in [6, 6.07) is 11.5. The Morgan fingerprint density at radius 2 is 2.10 bits per heavy atom. The van der Waals surface area contributed by atoms with Crippen molar-refractivity contribution in [3.05, 3.63) is 70.4 Å². The van der Waals surface area contributed by atoms with E-state index in [0.717, 1.165) is 25.8 Å². The normalized spacial score (nSPS) is 21.0. The molecule has 11 heteroatoms. The average Bonchev–Trinajstić information content (AvgIpc) is 3.23. The van der Waals surface area contributed by atoms with E-state index in [1.54, 1.807) is 6.20 Å². The van der Waals surface area contributed by atoms with Crippen molar-refractivity contribution in [2.75, 3.05) is 12.4 Å². The zero-order valence-corrected chi connectivity index (χ0v) is 18.6. The van der Waals surface area contributed by atoms with E-state index < -0.39 is 34.0 Å². The molecule has 3 aromatic rings. The lowest BCUT2D eigenvalue weighted by atomic mass is 10.1. The van der Waals surface area contributed by atoms with Crippen LogP contribution in [0.5, 0.6) is 0 Å². The molecule has 1 aliphatic rings. The molecule has 2 atom stereocenters. The summed E-state index contributed by atoms with van der Waals surface area (Å²) in [4.78, 5) is 18.9. The number of aromatic nitrogens is 1. The number of carbonyl (C=O) groups excluding carboxylic acids is 1. The van der Waals surface area contributed by atoms with Crippen LogP contribution >= 0.6 is 22.9 Å². The van der Waals surface area contributed by atoms with Crippen LogP contribution in [-0.4, -0.2) is 36.7 Å². The van der Waals surface area contributed by atoms with Crippen molar-refractivity contribution in [2.45, 2.75) is 18.5 Å². The smallest absolute Gasteiger partial charge is 0.280 e. The standard InChI is InChI=1S/C20H18ClFN4O3S2/c1-26-17(20(27)24-12-5-6-14(22)13(21)10-12)11-16(25-31(26,28)29)19-8-7-18(30-19)15-4-2-3-9-23-15/h2-10,16-17,25H,11H2,1H3,(H,24,27)/t16-,17+/m1/s1. The summed E-state index contributed by atoms with van der Waals surface area (Å²) < 4.78 is 42.3. The Bertz CT molecular complexity index is 1220. The van der Waals surface area contributed by atoms with E-state index in [0.29, 0.717) is 0 Å². The van der Waals surface area contributed by atoms with Gasteiger partial charge < -0.3 is 5.32 Å². The number of nitrogens with zero attached hydrogens (tertiary/aromatic N) is 2. The highest BCUT2D eigenvalue weighted by molar-refractivity contribution is 7.87. The summed E-state index contributed by atoms with van der Waals surface area (Å²) in [5.74, 6) is -1.13. The van der Waals surface area contributed by atoms with Gasteiger partial charge in [0.2, 0.25) is 5.91 Å². The molecule has 1 saturated heterocycles.